The van der Waals surface area contributed by atoms with Crippen molar-refractivity contribution in [1.82, 2.24) is 4.98 Å². The normalized spacial score (nSPS) is 10.1. The van der Waals surface area contributed by atoms with Crippen molar-refractivity contribution in [2.24, 2.45) is 0 Å². The zero-order valence-electron chi connectivity index (χ0n) is 12.4. The van der Waals surface area contributed by atoms with Gasteiger partial charge in [0.1, 0.15) is 0 Å². The summed E-state index contributed by atoms with van der Waals surface area (Å²) >= 11 is 1.24. The number of aromatic nitrogens is 1. The molecule has 0 spiro atoms. The number of amides is 2. The third-order valence-electron chi connectivity index (χ3n) is 2.93. The molecule has 2 amide bonds. The summed E-state index contributed by atoms with van der Waals surface area (Å²) < 4.78 is 4.48. The van der Waals surface area contributed by atoms with Crippen LogP contribution < -0.4 is 10.6 Å². The number of hydrogen-bond acceptors (Lipinski definition) is 5. The summed E-state index contributed by atoms with van der Waals surface area (Å²) in [7, 11) is 1.28. The van der Waals surface area contributed by atoms with Crippen LogP contribution in [0.4, 0.5) is 15.6 Å². The molecular formula is C15H17N3O3S. The van der Waals surface area contributed by atoms with E-state index in [0.29, 0.717) is 10.8 Å². The summed E-state index contributed by atoms with van der Waals surface area (Å²) in [5, 5.41) is 7.41. The van der Waals surface area contributed by atoms with Gasteiger partial charge in [0, 0.05) is 11.1 Å². The topological polar surface area (TPSA) is 80.3 Å². The largest absolute Gasteiger partial charge is 0.453 e. The molecule has 7 heteroatoms. The molecule has 0 aliphatic carbocycles. The second kappa shape index (κ2) is 7.56. The van der Waals surface area contributed by atoms with Gasteiger partial charge in [0.2, 0.25) is 5.91 Å². The van der Waals surface area contributed by atoms with Crippen molar-refractivity contribution in [1.29, 1.82) is 0 Å². The van der Waals surface area contributed by atoms with Gasteiger partial charge < -0.3 is 10.1 Å². The molecule has 0 bridgehead atoms. The standard InChI is InChI=1S/C15H17N3O3S/c1-3-10-4-6-11(7-5-10)16-13(19)8-12-9-22-14(17-12)18-15(20)21-2/h4-7,9H,3,8H2,1-2H3,(H,16,19)(H,17,18,20). The molecule has 2 rings (SSSR count). The maximum absolute atomic E-state index is 12.0. The van der Waals surface area contributed by atoms with E-state index >= 15 is 0 Å². The van der Waals surface area contributed by atoms with E-state index in [1.165, 1.54) is 24.0 Å². The third kappa shape index (κ3) is 4.56. The van der Waals surface area contributed by atoms with Crippen molar-refractivity contribution >= 4 is 34.2 Å². The van der Waals surface area contributed by atoms with Gasteiger partial charge in [0.25, 0.3) is 0 Å². The first-order valence-electron chi connectivity index (χ1n) is 6.79. The summed E-state index contributed by atoms with van der Waals surface area (Å²) in [4.78, 5) is 27.2. The van der Waals surface area contributed by atoms with Gasteiger partial charge in [-0.2, -0.15) is 0 Å². The highest BCUT2D eigenvalue weighted by molar-refractivity contribution is 7.13. The first kappa shape index (κ1) is 16.0. The molecule has 1 aromatic heterocycles. The van der Waals surface area contributed by atoms with E-state index in [1.54, 1.807) is 5.38 Å². The van der Waals surface area contributed by atoms with E-state index in [2.05, 4.69) is 27.3 Å². The number of thiazole rings is 1. The van der Waals surface area contributed by atoms with Crippen LogP contribution in [0.3, 0.4) is 0 Å². The van der Waals surface area contributed by atoms with Crippen LogP contribution in [0.1, 0.15) is 18.2 Å². The molecular weight excluding hydrogens is 302 g/mol. The van der Waals surface area contributed by atoms with Gasteiger partial charge in [-0.05, 0) is 24.1 Å². The zero-order valence-corrected chi connectivity index (χ0v) is 13.2. The van der Waals surface area contributed by atoms with Crippen molar-refractivity contribution < 1.29 is 14.3 Å². The molecule has 6 nitrogen and oxygen atoms in total. The van der Waals surface area contributed by atoms with Gasteiger partial charge in [-0.3, -0.25) is 10.1 Å². The number of anilines is 2. The van der Waals surface area contributed by atoms with Crippen LogP contribution in [-0.2, 0) is 22.4 Å². The van der Waals surface area contributed by atoms with Crippen molar-refractivity contribution in [3.63, 3.8) is 0 Å². The maximum atomic E-state index is 12.0. The number of carbonyl (C=O) groups excluding carboxylic acids is 2. The minimum atomic E-state index is -0.582. The van der Waals surface area contributed by atoms with Gasteiger partial charge >= 0.3 is 6.09 Å². The van der Waals surface area contributed by atoms with E-state index in [0.717, 1.165) is 12.1 Å². The van der Waals surface area contributed by atoms with E-state index in [4.69, 9.17) is 0 Å². The Hall–Kier alpha value is -2.41. The molecule has 0 radical (unpaired) electrons. The Kier molecular flexibility index (Phi) is 5.48. The van der Waals surface area contributed by atoms with Crippen LogP contribution in [0.2, 0.25) is 0 Å². The summed E-state index contributed by atoms with van der Waals surface area (Å²) in [5.41, 5.74) is 2.57. The van der Waals surface area contributed by atoms with Gasteiger partial charge in [0.15, 0.2) is 5.13 Å². The third-order valence-corrected chi connectivity index (χ3v) is 3.74. The Balaban J connectivity index is 1.89. The molecule has 0 fully saturated rings. The highest BCUT2D eigenvalue weighted by atomic mass is 32.1. The fourth-order valence-electron chi connectivity index (χ4n) is 1.78. The number of aryl methyl sites for hydroxylation is 1. The average molecular weight is 319 g/mol. The lowest BCUT2D eigenvalue weighted by atomic mass is 10.1. The molecule has 1 aromatic carbocycles. The molecule has 0 unspecified atom stereocenters. The SMILES string of the molecule is CCc1ccc(NC(=O)Cc2csc(NC(=O)OC)n2)cc1. The van der Waals surface area contributed by atoms with Crippen LogP contribution in [0.5, 0.6) is 0 Å². The number of carbonyl (C=O) groups is 2. The van der Waals surface area contributed by atoms with Crippen LogP contribution in [0.15, 0.2) is 29.6 Å². The molecule has 0 atom stereocenters. The number of ether oxygens (including phenoxy) is 1. The maximum Gasteiger partial charge on any atom is 0.413 e. The number of benzene rings is 1. The Morgan fingerprint density at radius 2 is 1.95 bits per heavy atom. The van der Waals surface area contributed by atoms with E-state index < -0.39 is 6.09 Å². The summed E-state index contributed by atoms with van der Waals surface area (Å²) in [6, 6.07) is 7.72. The molecule has 0 aliphatic rings. The van der Waals surface area contributed by atoms with Crippen molar-refractivity contribution in [2.75, 3.05) is 17.7 Å². The van der Waals surface area contributed by atoms with Crippen molar-refractivity contribution in [3.05, 3.63) is 40.9 Å². The molecule has 1 heterocycles. The minimum Gasteiger partial charge on any atom is -0.453 e. The molecule has 2 aromatic rings. The van der Waals surface area contributed by atoms with Crippen molar-refractivity contribution in [3.8, 4) is 0 Å². The van der Waals surface area contributed by atoms with Crippen molar-refractivity contribution in [2.45, 2.75) is 19.8 Å². The lowest BCUT2D eigenvalue weighted by molar-refractivity contribution is -0.115. The van der Waals surface area contributed by atoms with E-state index in [9.17, 15) is 9.59 Å². The highest BCUT2D eigenvalue weighted by Gasteiger charge is 2.10. The van der Waals surface area contributed by atoms with Gasteiger partial charge in [-0.15, -0.1) is 11.3 Å². The molecule has 116 valence electrons. The van der Waals surface area contributed by atoms with Crippen LogP contribution in [-0.4, -0.2) is 24.1 Å². The van der Waals surface area contributed by atoms with Gasteiger partial charge in [0.05, 0.1) is 19.2 Å². The molecule has 0 saturated carbocycles. The first-order valence-corrected chi connectivity index (χ1v) is 7.67. The number of rotatable bonds is 5. The predicted octanol–water partition coefficient (Wildman–Crippen LogP) is 3.07. The summed E-state index contributed by atoms with van der Waals surface area (Å²) in [6.07, 6.45) is 0.527. The van der Waals surface area contributed by atoms with E-state index in [1.807, 2.05) is 24.3 Å². The second-order valence-corrected chi connectivity index (χ2v) is 5.39. The second-order valence-electron chi connectivity index (χ2n) is 4.54. The number of nitrogens with one attached hydrogen (secondary N) is 2. The van der Waals surface area contributed by atoms with E-state index in [-0.39, 0.29) is 12.3 Å². The number of methoxy groups -OCH3 is 1. The average Bonchev–Trinajstić information content (AvgIpc) is 2.94. The Labute approximate surface area is 132 Å². The van der Waals surface area contributed by atoms with Gasteiger partial charge in [-0.25, -0.2) is 9.78 Å². The van der Waals surface area contributed by atoms with Gasteiger partial charge in [-0.1, -0.05) is 19.1 Å². The fourth-order valence-corrected chi connectivity index (χ4v) is 2.47. The Morgan fingerprint density at radius 3 is 2.59 bits per heavy atom. The van der Waals surface area contributed by atoms with Crippen LogP contribution in [0, 0.1) is 0 Å². The quantitative estimate of drug-likeness (QED) is 0.887. The Morgan fingerprint density at radius 1 is 1.23 bits per heavy atom. The molecule has 22 heavy (non-hydrogen) atoms. The van der Waals surface area contributed by atoms with Crippen LogP contribution >= 0.6 is 11.3 Å². The smallest absolute Gasteiger partial charge is 0.413 e. The first-order chi connectivity index (χ1) is 10.6. The zero-order chi connectivity index (χ0) is 15.9. The Bertz CT molecular complexity index is 652. The lowest BCUT2D eigenvalue weighted by Gasteiger charge is -2.05. The van der Waals surface area contributed by atoms with Crippen LogP contribution in [0.25, 0.3) is 0 Å². The molecule has 0 saturated heterocycles. The summed E-state index contributed by atoms with van der Waals surface area (Å²) in [5.74, 6) is -0.154. The number of nitrogens with zero attached hydrogens (tertiary/aromatic N) is 1. The lowest BCUT2D eigenvalue weighted by Crippen LogP contribution is -2.15. The highest BCUT2D eigenvalue weighted by Crippen LogP contribution is 2.17. The molecule has 0 aliphatic heterocycles. The molecule has 2 N–H and O–H groups in total. The summed E-state index contributed by atoms with van der Waals surface area (Å²) in [6.45, 7) is 2.08. The number of hydrogen-bond donors (Lipinski definition) is 2. The fraction of sp³-hybridized carbons (Fsp3) is 0.267. The monoisotopic (exact) mass is 319 g/mol. The minimum absolute atomic E-state index is 0.148. The predicted molar refractivity (Wildman–Crippen MR) is 86.3 cm³/mol.